The van der Waals surface area contributed by atoms with Gasteiger partial charge >= 0.3 is 0 Å². The van der Waals surface area contributed by atoms with E-state index in [1.54, 1.807) is 6.08 Å². The van der Waals surface area contributed by atoms with Gasteiger partial charge in [0.25, 0.3) is 0 Å². The molecular weight excluding hydrogens is 319 g/mol. The molecule has 0 saturated heterocycles. The van der Waals surface area contributed by atoms with Gasteiger partial charge in [-0.15, -0.1) is 0 Å². The Kier molecular flexibility index (Phi) is 2.73. The van der Waals surface area contributed by atoms with Crippen molar-refractivity contribution in [1.29, 1.82) is 5.26 Å². The summed E-state index contributed by atoms with van der Waals surface area (Å²) < 4.78 is 1.63. The zero-order chi connectivity index (χ0) is 8.43. The molecule has 1 aromatic rings. The highest BCUT2D eigenvalue weighted by molar-refractivity contribution is 14.1. The number of H-pyrrole nitrogens is 1. The standard InChI is InChI=1S/C7H4BrIN2/c1-2-5-6(8)4(3-10)7(9)11-5/h2,11H,1H2. The first kappa shape index (κ1) is 8.81. The molecule has 0 aliphatic rings. The lowest BCUT2D eigenvalue weighted by atomic mass is 10.3. The van der Waals surface area contributed by atoms with Crippen LogP contribution in [-0.2, 0) is 0 Å². The molecule has 0 atom stereocenters. The van der Waals surface area contributed by atoms with E-state index in [0.717, 1.165) is 13.9 Å². The third-order valence-corrected chi connectivity index (χ3v) is 2.87. The van der Waals surface area contributed by atoms with Crippen molar-refractivity contribution in [3.63, 3.8) is 0 Å². The Morgan fingerprint density at radius 2 is 2.36 bits per heavy atom. The van der Waals surface area contributed by atoms with Crippen molar-refractivity contribution in [2.75, 3.05) is 0 Å². The number of aromatic nitrogens is 1. The Morgan fingerprint density at radius 1 is 1.73 bits per heavy atom. The summed E-state index contributed by atoms with van der Waals surface area (Å²) in [6, 6.07) is 2.08. The molecule has 1 heterocycles. The van der Waals surface area contributed by atoms with E-state index in [4.69, 9.17) is 5.26 Å². The molecule has 1 aromatic heterocycles. The molecule has 0 spiro atoms. The van der Waals surface area contributed by atoms with E-state index in [1.165, 1.54) is 0 Å². The maximum absolute atomic E-state index is 8.67. The lowest BCUT2D eigenvalue weighted by Gasteiger charge is -1.84. The van der Waals surface area contributed by atoms with Gasteiger partial charge < -0.3 is 4.98 Å². The zero-order valence-corrected chi connectivity index (χ0v) is 9.23. The van der Waals surface area contributed by atoms with Gasteiger partial charge in [-0.25, -0.2) is 0 Å². The summed E-state index contributed by atoms with van der Waals surface area (Å²) in [5, 5.41) is 8.67. The average molecular weight is 323 g/mol. The second-order valence-electron chi connectivity index (χ2n) is 1.86. The topological polar surface area (TPSA) is 39.6 Å². The SMILES string of the molecule is C=Cc1[nH]c(I)c(C#N)c1Br. The van der Waals surface area contributed by atoms with Crippen LogP contribution in [0.15, 0.2) is 11.1 Å². The van der Waals surface area contributed by atoms with Gasteiger partial charge in [0.05, 0.1) is 19.4 Å². The minimum atomic E-state index is 0.639. The molecule has 0 radical (unpaired) electrons. The molecule has 0 aromatic carbocycles. The van der Waals surface area contributed by atoms with Gasteiger partial charge in [0.2, 0.25) is 0 Å². The smallest absolute Gasteiger partial charge is 0.103 e. The first-order chi connectivity index (χ1) is 5.20. The van der Waals surface area contributed by atoms with Gasteiger partial charge in [-0.05, 0) is 44.6 Å². The van der Waals surface area contributed by atoms with Crippen LogP contribution in [0.1, 0.15) is 11.3 Å². The number of rotatable bonds is 1. The van der Waals surface area contributed by atoms with Gasteiger partial charge in [0.15, 0.2) is 0 Å². The summed E-state index contributed by atoms with van der Waals surface area (Å²) >= 11 is 5.37. The lowest BCUT2D eigenvalue weighted by Crippen LogP contribution is -1.72. The van der Waals surface area contributed by atoms with Gasteiger partial charge in [0, 0.05) is 0 Å². The largest absolute Gasteiger partial charge is 0.348 e. The molecule has 11 heavy (non-hydrogen) atoms. The maximum atomic E-state index is 8.67. The Balaban J connectivity index is 3.39. The van der Waals surface area contributed by atoms with E-state index < -0.39 is 0 Å². The van der Waals surface area contributed by atoms with E-state index in [-0.39, 0.29) is 0 Å². The van der Waals surface area contributed by atoms with Crippen LogP contribution >= 0.6 is 38.5 Å². The van der Waals surface area contributed by atoms with Crippen molar-refractivity contribution in [3.8, 4) is 6.07 Å². The minimum absolute atomic E-state index is 0.639. The normalized spacial score (nSPS) is 9.18. The van der Waals surface area contributed by atoms with Crippen LogP contribution in [0.3, 0.4) is 0 Å². The van der Waals surface area contributed by atoms with E-state index in [9.17, 15) is 0 Å². The van der Waals surface area contributed by atoms with Crippen LogP contribution in [0.4, 0.5) is 0 Å². The predicted molar refractivity (Wildman–Crippen MR) is 56.0 cm³/mol. The number of halogens is 2. The summed E-state index contributed by atoms with van der Waals surface area (Å²) in [6.07, 6.45) is 1.67. The second-order valence-corrected chi connectivity index (χ2v) is 3.73. The molecule has 0 unspecified atom stereocenters. The molecule has 4 heteroatoms. The molecule has 56 valence electrons. The first-order valence-corrected chi connectivity index (χ1v) is 4.67. The van der Waals surface area contributed by atoms with Gasteiger partial charge in [-0.3, -0.25) is 0 Å². The Hall–Kier alpha value is -0.280. The highest BCUT2D eigenvalue weighted by Gasteiger charge is 2.10. The monoisotopic (exact) mass is 322 g/mol. The van der Waals surface area contributed by atoms with Crippen LogP contribution in [-0.4, -0.2) is 4.98 Å². The lowest BCUT2D eigenvalue weighted by molar-refractivity contribution is 1.31. The summed E-state index contributed by atoms with van der Waals surface area (Å²) in [4.78, 5) is 3.01. The fourth-order valence-corrected chi connectivity index (χ4v) is 2.30. The molecule has 0 aliphatic heterocycles. The van der Waals surface area contributed by atoms with E-state index in [1.807, 2.05) is 0 Å². The average Bonchev–Trinajstić information content (AvgIpc) is 2.26. The summed E-state index contributed by atoms with van der Waals surface area (Å²) in [7, 11) is 0. The molecule has 0 fully saturated rings. The zero-order valence-electron chi connectivity index (χ0n) is 5.49. The number of hydrogen-bond acceptors (Lipinski definition) is 1. The van der Waals surface area contributed by atoms with Gasteiger partial charge in [-0.1, -0.05) is 6.58 Å². The van der Waals surface area contributed by atoms with E-state index in [0.29, 0.717) is 5.56 Å². The number of aromatic amines is 1. The molecule has 0 saturated carbocycles. The number of nitriles is 1. The fourth-order valence-electron chi connectivity index (χ4n) is 0.705. The first-order valence-electron chi connectivity index (χ1n) is 2.80. The van der Waals surface area contributed by atoms with Crippen molar-refractivity contribution in [2.24, 2.45) is 0 Å². The van der Waals surface area contributed by atoms with Crippen molar-refractivity contribution >= 4 is 44.6 Å². The highest BCUT2D eigenvalue weighted by Crippen LogP contribution is 2.25. The maximum Gasteiger partial charge on any atom is 0.103 e. The minimum Gasteiger partial charge on any atom is -0.348 e. The Morgan fingerprint density at radius 3 is 2.64 bits per heavy atom. The van der Waals surface area contributed by atoms with Gasteiger partial charge in [0.1, 0.15) is 6.07 Å². The van der Waals surface area contributed by atoms with E-state index >= 15 is 0 Å². The Bertz CT molecular complexity index is 335. The fraction of sp³-hybridized carbons (Fsp3) is 0. The quantitative estimate of drug-likeness (QED) is 0.793. The third-order valence-electron chi connectivity index (χ3n) is 1.24. The number of nitrogens with zero attached hydrogens (tertiary/aromatic N) is 1. The number of hydrogen-bond donors (Lipinski definition) is 1. The molecule has 1 N–H and O–H groups in total. The van der Waals surface area contributed by atoms with Gasteiger partial charge in [-0.2, -0.15) is 5.26 Å². The number of nitrogens with one attached hydrogen (secondary N) is 1. The molecule has 0 amide bonds. The second kappa shape index (κ2) is 3.41. The third kappa shape index (κ3) is 1.49. The Labute approximate surface area is 86.6 Å². The molecular formula is C7H4BrIN2. The van der Waals surface area contributed by atoms with Crippen molar-refractivity contribution in [1.82, 2.24) is 4.98 Å². The van der Waals surface area contributed by atoms with Crippen molar-refractivity contribution < 1.29 is 0 Å². The molecule has 0 bridgehead atoms. The van der Waals surface area contributed by atoms with Crippen LogP contribution < -0.4 is 0 Å². The highest BCUT2D eigenvalue weighted by atomic mass is 127. The van der Waals surface area contributed by atoms with E-state index in [2.05, 4.69) is 56.2 Å². The van der Waals surface area contributed by atoms with Crippen molar-refractivity contribution in [2.45, 2.75) is 0 Å². The predicted octanol–water partition coefficient (Wildman–Crippen LogP) is 2.90. The molecule has 0 aliphatic carbocycles. The van der Waals surface area contributed by atoms with Crippen LogP contribution in [0, 0.1) is 15.0 Å². The summed E-state index contributed by atoms with van der Waals surface area (Å²) in [5.41, 5.74) is 1.49. The van der Waals surface area contributed by atoms with Crippen LogP contribution in [0.2, 0.25) is 0 Å². The summed E-state index contributed by atoms with van der Waals surface area (Å²) in [6.45, 7) is 3.61. The van der Waals surface area contributed by atoms with Crippen LogP contribution in [0.25, 0.3) is 6.08 Å². The van der Waals surface area contributed by atoms with Crippen LogP contribution in [0.5, 0.6) is 0 Å². The van der Waals surface area contributed by atoms with Crippen molar-refractivity contribution in [3.05, 3.63) is 26.0 Å². The molecule has 1 rings (SSSR count). The molecule has 2 nitrogen and oxygen atoms in total. The summed E-state index contributed by atoms with van der Waals surface area (Å²) in [5.74, 6) is 0.